The van der Waals surface area contributed by atoms with Gasteiger partial charge in [-0.3, -0.25) is 13.9 Å². The number of aliphatic hydroxyl groups is 1. The van der Waals surface area contributed by atoms with Gasteiger partial charge in [0.05, 0.1) is 12.3 Å². The zero-order chi connectivity index (χ0) is 25.2. The molecule has 190 valence electrons. The highest BCUT2D eigenvalue weighted by molar-refractivity contribution is 7.99. The smallest absolute Gasteiger partial charge is 0.756 e. The Kier molecular flexibility index (Phi) is 5.84. The fourth-order valence-corrected chi connectivity index (χ4v) is 6.28. The second-order valence-corrected chi connectivity index (χ2v) is 11.2. The standard InChI is InChI=1S/C22H24N5O7PS/c1-3-8-36-22-24-15-18(27(22)20-16(28)17-14(33-20)10-32-35(30,31)34-17)25-21-23-13(9-26(21)19(15)29)12-6-4-11(2)5-7-12/h4-7,9,14,16-17,20,28H,3,8,10H2,1-2H3,(H,23,25)(H,30,31)/t14?,16?,17-,20-/m1/s1. The lowest BCUT2D eigenvalue weighted by molar-refractivity contribution is -0.245. The first-order valence-electron chi connectivity index (χ1n) is 11.5. The number of benzene rings is 1. The van der Waals surface area contributed by atoms with Gasteiger partial charge in [0.15, 0.2) is 22.5 Å². The van der Waals surface area contributed by atoms with Crippen molar-refractivity contribution in [2.24, 2.45) is 0 Å². The van der Waals surface area contributed by atoms with E-state index in [9.17, 15) is 19.4 Å². The van der Waals surface area contributed by atoms with Crippen LogP contribution in [-0.2, 0) is 18.3 Å². The summed E-state index contributed by atoms with van der Waals surface area (Å²) in [6, 6.07) is 7.85. The molecule has 2 saturated heterocycles. The average Bonchev–Trinajstić information content (AvgIpc) is 3.52. The molecule has 36 heavy (non-hydrogen) atoms. The molecule has 0 aliphatic carbocycles. The van der Waals surface area contributed by atoms with Gasteiger partial charge >= 0.3 is 1.43 Å². The van der Waals surface area contributed by atoms with Gasteiger partial charge < -0.3 is 28.8 Å². The highest BCUT2D eigenvalue weighted by atomic mass is 32.2. The summed E-state index contributed by atoms with van der Waals surface area (Å²) < 4.78 is 30.5. The second-order valence-electron chi connectivity index (χ2n) is 8.80. The quantitative estimate of drug-likeness (QED) is 0.288. The number of nitrogens with one attached hydrogen (secondary N) is 1. The number of hydrogen-bond donors (Lipinski definition) is 2. The zero-order valence-corrected chi connectivity index (χ0v) is 21.1. The van der Waals surface area contributed by atoms with Gasteiger partial charge in [-0.1, -0.05) is 48.5 Å². The number of aromatic nitrogens is 5. The number of rotatable bonds is 5. The molecule has 1 aromatic carbocycles. The van der Waals surface area contributed by atoms with Gasteiger partial charge in [-0.05, 0) is 18.9 Å². The van der Waals surface area contributed by atoms with Crippen LogP contribution in [0.3, 0.4) is 0 Å². The van der Waals surface area contributed by atoms with Crippen molar-refractivity contribution in [3.05, 3.63) is 46.4 Å². The van der Waals surface area contributed by atoms with Gasteiger partial charge in [0.1, 0.15) is 18.3 Å². The maximum absolute atomic E-state index is 13.5. The molecule has 0 spiro atoms. The van der Waals surface area contributed by atoms with E-state index in [4.69, 9.17) is 13.8 Å². The van der Waals surface area contributed by atoms with Crippen LogP contribution in [0.1, 0.15) is 26.6 Å². The van der Waals surface area contributed by atoms with Gasteiger partial charge in [-0.25, -0.2) is 9.38 Å². The lowest BCUT2D eigenvalue weighted by Gasteiger charge is -2.34. The summed E-state index contributed by atoms with van der Waals surface area (Å²) in [6.07, 6.45) is -1.86. The highest BCUT2D eigenvalue weighted by Crippen LogP contribution is 2.50. The van der Waals surface area contributed by atoms with Crippen molar-refractivity contribution in [2.75, 3.05) is 12.4 Å². The molecule has 2 aliphatic rings. The maximum atomic E-state index is 13.5. The van der Waals surface area contributed by atoms with Crippen LogP contribution >= 0.6 is 19.6 Å². The van der Waals surface area contributed by atoms with Crippen molar-refractivity contribution in [3.8, 4) is 11.3 Å². The fraction of sp³-hybridized carbons (Fsp3) is 0.409. The van der Waals surface area contributed by atoms with Crippen molar-refractivity contribution in [3.63, 3.8) is 0 Å². The molecule has 2 N–H and O–H groups in total. The fourth-order valence-electron chi connectivity index (χ4n) is 4.45. The molecule has 3 aromatic heterocycles. The highest BCUT2D eigenvalue weighted by Gasteiger charge is 2.51. The van der Waals surface area contributed by atoms with Gasteiger partial charge in [0.25, 0.3) is 13.4 Å². The largest absolute Gasteiger partial charge is 1.00 e. The molecule has 0 bridgehead atoms. The predicted octanol–water partition coefficient (Wildman–Crippen LogP) is 2.10. The molecule has 6 rings (SSSR count). The first kappa shape index (κ1) is 23.9. The molecule has 2 aliphatic heterocycles. The van der Waals surface area contributed by atoms with Crippen LogP contribution in [0.5, 0.6) is 0 Å². The minimum atomic E-state index is -4.54. The lowest BCUT2D eigenvalue weighted by atomic mass is 10.1. The number of thioether (sulfide) groups is 1. The van der Waals surface area contributed by atoms with E-state index in [0.29, 0.717) is 22.4 Å². The molecule has 0 amide bonds. The molecule has 5 atom stereocenters. The van der Waals surface area contributed by atoms with Crippen LogP contribution in [-0.4, -0.2) is 59.7 Å². The van der Waals surface area contributed by atoms with Crippen LogP contribution in [0, 0.1) is 6.92 Å². The number of imidazole rings is 2. The summed E-state index contributed by atoms with van der Waals surface area (Å²) in [7, 11) is -4.54. The van der Waals surface area contributed by atoms with E-state index in [1.165, 1.54) is 16.2 Å². The number of aryl methyl sites for hydroxylation is 1. The number of aliphatic hydroxyl groups excluding tert-OH is 1. The molecule has 14 heteroatoms. The Bertz CT molecular complexity index is 1570. The van der Waals surface area contributed by atoms with Gasteiger partial charge in [0, 0.05) is 11.9 Å². The van der Waals surface area contributed by atoms with Crippen molar-refractivity contribution < 1.29 is 29.8 Å². The van der Waals surface area contributed by atoms with Gasteiger partial charge in [-0.2, -0.15) is 4.98 Å². The summed E-state index contributed by atoms with van der Waals surface area (Å²) in [5.41, 5.74) is 2.66. The first-order valence-corrected chi connectivity index (χ1v) is 13.9. The molecule has 12 nitrogen and oxygen atoms in total. The third kappa shape index (κ3) is 3.91. The number of phosphoric ester groups is 1. The van der Waals surface area contributed by atoms with E-state index in [0.717, 1.165) is 17.5 Å². The Morgan fingerprint density at radius 2 is 2.11 bits per heavy atom. The molecule has 0 saturated carbocycles. The van der Waals surface area contributed by atoms with Crippen LogP contribution in [0.4, 0.5) is 0 Å². The Labute approximate surface area is 210 Å². The number of nitrogens with zero attached hydrogens (tertiary/aromatic N) is 4. The molecular formula is C22H24N5O7PS. The van der Waals surface area contributed by atoms with Gasteiger partial charge in [0.2, 0.25) is 5.78 Å². The summed E-state index contributed by atoms with van der Waals surface area (Å²) in [5, 5.41) is 11.4. The Balaban J connectivity index is 0.00000280. The van der Waals surface area contributed by atoms with E-state index in [1.54, 1.807) is 10.8 Å². The predicted molar refractivity (Wildman–Crippen MR) is 130 cm³/mol. The molecular weight excluding hydrogens is 509 g/mol. The van der Waals surface area contributed by atoms with Crippen molar-refractivity contribution in [1.29, 1.82) is 0 Å². The van der Waals surface area contributed by atoms with E-state index < -0.39 is 32.4 Å². The third-order valence-electron chi connectivity index (χ3n) is 6.23. The Hall–Kier alpha value is -2.51. The normalized spacial score (nSPS) is 28.2. The van der Waals surface area contributed by atoms with Gasteiger partial charge in [-0.15, -0.1) is 0 Å². The monoisotopic (exact) mass is 533 g/mol. The molecule has 3 unspecified atom stereocenters. The Morgan fingerprint density at radius 1 is 1.33 bits per heavy atom. The number of fused-ring (bicyclic) bond motifs is 3. The summed E-state index contributed by atoms with van der Waals surface area (Å²) in [5.74, 6) is 0.996. The summed E-state index contributed by atoms with van der Waals surface area (Å²) in [4.78, 5) is 37.7. The Morgan fingerprint density at radius 3 is 2.86 bits per heavy atom. The van der Waals surface area contributed by atoms with Crippen molar-refractivity contribution in [2.45, 2.75) is 50.0 Å². The SMILES string of the molecule is CCCSc1nc2c(=O)n3cc(-c4ccc(C)cc4)[nH]c3nc2n1[C@@H]1OC2COP(=O)([O-])O[C@H]2C1O.[H+]. The van der Waals surface area contributed by atoms with Crippen molar-refractivity contribution >= 4 is 36.5 Å². The molecule has 5 heterocycles. The molecule has 2 fully saturated rings. The van der Waals surface area contributed by atoms with Crippen LogP contribution in [0.15, 0.2) is 40.4 Å². The van der Waals surface area contributed by atoms with Crippen LogP contribution in [0.2, 0.25) is 0 Å². The second kappa shape index (κ2) is 8.80. The van der Waals surface area contributed by atoms with E-state index in [-0.39, 0.29) is 24.8 Å². The van der Waals surface area contributed by atoms with E-state index in [1.807, 2.05) is 38.1 Å². The minimum absolute atomic E-state index is 0. The number of ether oxygens (including phenoxy) is 1. The molecule has 4 aromatic rings. The number of phosphoric acid groups is 1. The topological polar surface area (TPSA) is 156 Å². The number of hydrogen-bond acceptors (Lipinski definition) is 10. The van der Waals surface area contributed by atoms with E-state index in [2.05, 4.69) is 15.0 Å². The van der Waals surface area contributed by atoms with Crippen LogP contribution < -0.4 is 10.5 Å². The molecule has 0 radical (unpaired) electrons. The lowest BCUT2D eigenvalue weighted by Crippen LogP contribution is -2.41. The minimum Gasteiger partial charge on any atom is -0.756 e. The first-order chi connectivity index (χ1) is 17.3. The zero-order valence-electron chi connectivity index (χ0n) is 20.4. The number of aromatic amines is 1. The van der Waals surface area contributed by atoms with Crippen LogP contribution in [0.25, 0.3) is 28.2 Å². The van der Waals surface area contributed by atoms with E-state index >= 15 is 0 Å². The van der Waals surface area contributed by atoms with Crippen molar-refractivity contribution in [1.82, 2.24) is 23.9 Å². The third-order valence-corrected chi connectivity index (χ3v) is 8.35. The average molecular weight is 534 g/mol. The number of H-pyrrole nitrogens is 1. The summed E-state index contributed by atoms with van der Waals surface area (Å²) >= 11 is 1.39. The maximum Gasteiger partial charge on any atom is 1.00 e. The summed E-state index contributed by atoms with van der Waals surface area (Å²) in [6.45, 7) is 3.73.